The van der Waals surface area contributed by atoms with Gasteiger partial charge in [0.1, 0.15) is 12.4 Å². The number of carbonyl (C=O) groups excluding carboxylic acids is 2. The first-order valence-electron chi connectivity index (χ1n) is 10.3. The van der Waals surface area contributed by atoms with Crippen molar-refractivity contribution in [1.82, 2.24) is 10.6 Å². The molecule has 33 heavy (non-hydrogen) atoms. The fourth-order valence-corrected chi connectivity index (χ4v) is 3.77. The van der Waals surface area contributed by atoms with Crippen LogP contribution in [0.25, 0.3) is 11.1 Å². The van der Waals surface area contributed by atoms with E-state index >= 15 is 0 Å². The van der Waals surface area contributed by atoms with Crippen molar-refractivity contribution in [3.8, 4) is 11.1 Å². The molecule has 2 aromatic carbocycles. The Hall–Kier alpha value is -4.11. The minimum Gasteiger partial charge on any atom is -0.479 e. The summed E-state index contributed by atoms with van der Waals surface area (Å²) in [5.74, 6) is -1.93. The van der Waals surface area contributed by atoms with Gasteiger partial charge >= 0.3 is 12.1 Å². The van der Waals surface area contributed by atoms with Gasteiger partial charge in [0.25, 0.3) is 5.91 Å². The molecule has 0 saturated heterocycles. The Morgan fingerprint density at radius 2 is 1.58 bits per heavy atom. The number of nitrogens with one attached hydrogen (secondary N) is 2. The van der Waals surface area contributed by atoms with Gasteiger partial charge in [-0.2, -0.15) is 0 Å². The van der Waals surface area contributed by atoms with E-state index < -0.39 is 30.6 Å². The minimum atomic E-state index is -1.71. The van der Waals surface area contributed by atoms with Crippen molar-refractivity contribution in [3.05, 3.63) is 83.3 Å². The number of rotatable bonds is 8. The summed E-state index contributed by atoms with van der Waals surface area (Å²) in [6.45, 7) is -0.276. The number of carboxylic acid groups (broad SMARTS) is 1. The van der Waals surface area contributed by atoms with Crippen LogP contribution >= 0.6 is 0 Å². The number of carboxylic acids is 1. The maximum Gasteiger partial charge on any atom is 0.407 e. The summed E-state index contributed by atoms with van der Waals surface area (Å²) in [4.78, 5) is 34.8. The van der Waals surface area contributed by atoms with Gasteiger partial charge in [-0.05, 0) is 34.4 Å². The predicted octanol–water partition coefficient (Wildman–Crippen LogP) is 2.49. The first kappa shape index (κ1) is 22.1. The van der Waals surface area contributed by atoms with Crippen LogP contribution in [-0.4, -0.2) is 47.4 Å². The zero-order valence-corrected chi connectivity index (χ0v) is 17.5. The molecular formula is C24H22N2O7. The highest BCUT2D eigenvalue weighted by atomic mass is 16.5. The van der Waals surface area contributed by atoms with E-state index in [9.17, 15) is 19.5 Å². The van der Waals surface area contributed by atoms with Gasteiger partial charge in [-0.25, -0.2) is 9.59 Å². The van der Waals surface area contributed by atoms with Crippen LogP contribution in [0.5, 0.6) is 0 Å². The van der Waals surface area contributed by atoms with E-state index in [1.54, 1.807) is 0 Å². The molecule has 1 aliphatic rings. The number of ether oxygens (including phenoxy) is 1. The van der Waals surface area contributed by atoms with Gasteiger partial charge in [0.15, 0.2) is 11.9 Å². The van der Waals surface area contributed by atoms with Crippen LogP contribution in [0, 0.1) is 0 Å². The largest absolute Gasteiger partial charge is 0.479 e. The highest BCUT2D eigenvalue weighted by Gasteiger charge is 2.29. The van der Waals surface area contributed by atoms with Gasteiger partial charge < -0.3 is 30.0 Å². The number of hydrogen-bond donors (Lipinski definition) is 4. The summed E-state index contributed by atoms with van der Waals surface area (Å²) < 4.78 is 10.8. The summed E-state index contributed by atoms with van der Waals surface area (Å²) >= 11 is 0. The zero-order valence-electron chi connectivity index (χ0n) is 17.5. The molecular weight excluding hydrogens is 428 g/mol. The second-order valence-corrected chi connectivity index (χ2v) is 7.51. The smallest absolute Gasteiger partial charge is 0.407 e. The lowest BCUT2D eigenvalue weighted by Gasteiger charge is -2.14. The lowest BCUT2D eigenvalue weighted by Crippen LogP contribution is -2.36. The number of amides is 2. The normalized spacial score (nSPS) is 13.0. The predicted molar refractivity (Wildman–Crippen MR) is 117 cm³/mol. The third-order valence-electron chi connectivity index (χ3n) is 5.38. The SMILES string of the molecule is O=C(NCc1ccc(C(=O)NCC(O)C(=O)O)o1)OCC1c2ccccc2-c2ccccc21. The van der Waals surface area contributed by atoms with E-state index in [0.29, 0.717) is 5.76 Å². The third kappa shape index (κ3) is 4.88. The van der Waals surface area contributed by atoms with Crippen LogP contribution in [0.1, 0.15) is 33.4 Å². The summed E-state index contributed by atoms with van der Waals surface area (Å²) in [6.07, 6.45) is -2.33. The average molecular weight is 450 g/mol. The fraction of sp³-hybridized carbons (Fsp3) is 0.208. The van der Waals surface area contributed by atoms with Crippen LogP contribution in [0.15, 0.2) is 65.1 Å². The first-order valence-corrected chi connectivity index (χ1v) is 10.3. The number of carbonyl (C=O) groups is 3. The Labute approximate surface area is 189 Å². The van der Waals surface area contributed by atoms with Crippen molar-refractivity contribution >= 4 is 18.0 Å². The number of hydrogen-bond acceptors (Lipinski definition) is 6. The molecule has 0 fully saturated rings. The lowest BCUT2D eigenvalue weighted by atomic mass is 9.98. The highest BCUT2D eigenvalue weighted by Crippen LogP contribution is 2.44. The molecule has 4 N–H and O–H groups in total. The second kappa shape index (κ2) is 9.58. The van der Waals surface area contributed by atoms with Crippen LogP contribution < -0.4 is 10.6 Å². The van der Waals surface area contributed by atoms with Gasteiger partial charge in [-0.1, -0.05) is 48.5 Å². The molecule has 0 bridgehead atoms. The number of benzene rings is 2. The molecule has 0 radical (unpaired) electrons. The molecule has 1 heterocycles. The van der Waals surface area contributed by atoms with E-state index in [4.69, 9.17) is 14.3 Å². The third-order valence-corrected chi connectivity index (χ3v) is 5.38. The van der Waals surface area contributed by atoms with Crippen LogP contribution in [0.4, 0.5) is 4.79 Å². The highest BCUT2D eigenvalue weighted by molar-refractivity contribution is 5.91. The summed E-state index contributed by atoms with van der Waals surface area (Å²) in [5.41, 5.74) is 4.50. The molecule has 0 spiro atoms. The van der Waals surface area contributed by atoms with Gasteiger partial charge in [0.05, 0.1) is 13.1 Å². The Morgan fingerprint density at radius 1 is 0.939 bits per heavy atom. The molecule has 3 aromatic rings. The zero-order chi connectivity index (χ0) is 23.4. The van der Waals surface area contributed by atoms with E-state index in [2.05, 4.69) is 22.8 Å². The van der Waals surface area contributed by atoms with Crippen molar-refractivity contribution < 1.29 is 33.8 Å². The molecule has 4 rings (SSSR count). The summed E-state index contributed by atoms with van der Waals surface area (Å²) in [5, 5.41) is 22.7. The molecule has 1 unspecified atom stereocenters. The fourth-order valence-electron chi connectivity index (χ4n) is 3.77. The molecule has 1 aliphatic carbocycles. The van der Waals surface area contributed by atoms with E-state index in [1.807, 2.05) is 36.4 Å². The van der Waals surface area contributed by atoms with Crippen molar-refractivity contribution in [2.45, 2.75) is 18.6 Å². The average Bonchev–Trinajstić information content (AvgIpc) is 3.42. The van der Waals surface area contributed by atoms with Gasteiger partial charge in [-0.3, -0.25) is 4.79 Å². The lowest BCUT2D eigenvalue weighted by molar-refractivity contribution is -0.146. The summed E-state index contributed by atoms with van der Waals surface area (Å²) in [7, 11) is 0. The molecule has 1 aromatic heterocycles. The van der Waals surface area contributed by atoms with Gasteiger partial charge in [0.2, 0.25) is 0 Å². The Bertz CT molecular complexity index is 1140. The number of aliphatic hydroxyl groups is 1. The Kier molecular flexibility index (Phi) is 6.41. The molecule has 9 heteroatoms. The molecule has 9 nitrogen and oxygen atoms in total. The number of aliphatic hydroxyl groups excluding tert-OH is 1. The van der Waals surface area contributed by atoms with E-state index in [1.165, 1.54) is 12.1 Å². The maximum absolute atomic E-state index is 12.2. The molecule has 1 atom stereocenters. The van der Waals surface area contributed by atoms with E-state index in [-0.39, 0.29) is 24.8 Å². The molecule has 0 saturated carbocycles. The van der Waals surface area contributed by atoms with Crippen molar-refractivity contribution in [3.63, 3.8) is 0 Å². The van der Waals surface area contributed by atoms with Crippen LogP contribution in [0.3, 0.4) is 0 Å². The number of furan rings is 1. The van der Waals surface area contributed by atoms with Crippen molar-refractivity contribution in [2.24, 2.45) is 0 Å². The van der Waals surface area contributed by atoms with E-state index in [0.717, 1.165) is 22.3 Å². The maximum atomic E-state index is 12.2. The first-order chi connectivity index (χ1) is 15.9. The number of aliphatic carboxylic acids is 1. The number of fused-ring (bicyclic) bond motifs is 3. The number of alkyl carbamates (subject to hydrolysis) is 1. The molecule has 2 amide bonds. The van der Waals surface area contributed by atoms with Crippen molar-refractivity contribution in [2.75, 3.05) is 13.2 Å². The minimum absolute atomic E-state index is 0.00169. The topological polar surface area (TPSA) is 138 Å². The Morgan fingerprint density at radius 3 is 2.21 bits per heavy atom. The molecule has 0 aliphatic heterocycles. The standard InChI is InChI=1S/C24H22N2O7/c27-20(23(29)30)12-25-22(28)21-10-9-14(33-21)11-26-24(31)32-13-19-17-7-3-1-5-15(17)16-6-2-4-8-18(16)19/h1-10,19-20,27H,11-13H2,(H,25,28)(H,26,31)(H,29,30). The van der Waals surface area contributed by atoms with Crippen LogP contribution in [0.2, 0.25) is 0 Å². The van der Waals surface area contributed by atoms with Crippen molar-refractivity contribution in [1.29, 1.82) is 0 Å². The van der Waals surface area contributed by atoms with Gasteiger partial charge in [-0.15, -0.1) is 0 Å². The van der Waals surface area contributed by atoms with Gasteiger partial charge in [0, 0.05) is 5.92 Å². The quantitative estimate of drug-likeness (QED) is 0.414. The Balaban J connectivity index is 1.29. The monoisotopic (exact) mass is 450 g/mol. The van der Waals surface area contributed by atoms with Crippen LogP contribution in [-0.2, 0) is 16.1 Å². The molecule has 170 valence electrons. The summed E-state index contributed by atoms with van der Waals surface area (Å²) in [6, 6.07) is 19.0. The second-order valence-electron chi connectivity index (χ2n) is 7.51.